The Morgan fingerprint density at radius 3 is 2.70 bits per heavy atom. The van der Waals surface area contributed by atoms with Crippen LogP contribution in [0.2, 0.25) is 0 Å². The maximum absolute atomic E-state index is 11.9. The van der Waals surface area contributed by atoms with Crippen molar-refractivity contribution in [3.8, 4) is 6.07 Å². The van der Waals surface area contributed by atoms with Crippen LogP contribution in [0, 0.1) is 11.3 Å². The first-order chi connectivity index (χ1) is 9.56. The number of nitrogens with one attached hydrogen (secondary N) is 1. The van der Waals surface area contributed by atoms with Crippen molar-refractivity contribution in [2.24, 2.45) is 14.1 Å². The van der Waals surface area contributed by atoms with Gasteiger partial charge in [0.05, 0.1) is 0 Å². The highest BCUT2D eigenvalue weighted by Crippen LogP contribution is 2.09. The van der Waals surface area contributed by atoms with Gasteiger partial charge in [-0.1, -0.05) is 6.07 Å². The van der Waals surface area contributed by atoms with E-state index in [0.29, 0.717) is 6.54 Å². The van der Waals surface area contributed by atoms with Gasteiger partial charge in [0.1, 0.15) is 11.9 Å². The molecule has 0 radical (unpaired) electrons. The number of hydrogen-bond donors (Lipinski definition) is 1. The molecule has 0 atom stereocenters. The summed E-state index contributed by atoms with van der Waals surface area (Å²) in [4.78, 5) is 27.7. The number of nitrogens with zero attached hydrogens (tertiary/aromatic N) is 4. The topological polar surface area (TPSA) is 92.7 Å². The first-order valence-electron chi connectivity index (χ1n) is 5.89. The van der Waals surface area contributed by atoms with Crippen molar-refractivity contribution >= 4 is 5.82 Å². The Labute approximate surface area is 114 Å². The van der Waals surface area contributed by atoms with Gasteiger partial charge in [-0.3, -0.25) is 18.9 Å². The SMILES string of the molecule is Cn1c(NCc2cccnc2)c(C#N)c(=O)n(C)c1=O. The molecule has 0 aliphatic heterocycles. The molecule has 0 amide bonds. The second-order valence-corrected chi connectivity index (χ2v) is 4.26. The molecule has 20 heavy (non-hydrogen) atoms. The second kappa shape index (κ2) is 5.40. The lowest BCUT2D eigenvalue weighted by Gasteiger charge is -2.13. The van der Waals surface area contributed by atoms with Crippen molar-refractivity contribution < 1.29 is 0 Å². The summed E-state index contributed by atoms with van der Waals surface area (Å²) >= 11 is 0. The Morgan fingerprint density at radius 2 is 2.10 bits per heavy atom. The fourth-order valence-electron chi connectivity index (χ4n) is 1.84. The smallest absolute Gasteiger partial charge is 0.332 e. The van der Waals surface area contributed by atoms with Gasteiger partial charge in [-0.15, -0.1) is 0 Å². The van der Waals surface area contributed by atoms with Crippen LogP contribution in [0.25, 0.3) is 0 Å². The highest BCUT2D eigenvalue weighted by Gasteiger charge is 2.14. The van der Waals surface area contributed by atoms with E-state index in [1.165, 1.54) is 18.7 Å². The molecular weight excluding hydrogens is 258 g/mol. The standard InChI is InChI=1S/C13H13N5O2/c1-17-11(16-8-9-4-3-5-15-7-9)10(6-14)12(19)18(2)13(17)20/h3-5,7,16H,8H2,1-2H3. The van der Waals surface area contributed by atoms with Crippen molar-refractivity contribution in [1.29, 1.82) is 5.26 Å². The molecule has 0 aliphatic rings. The molecule has 2 aromatic heterocycles. The van der Waals surface area contributed by atoms with E-state index in [1.807, 2.05) is 12.1 Å². The van der Waals surface area contributed by atoms with E-state index in [1.54, 1.807) is 18.5 Å². The van der Waals surface area contributed by atoms with Gasteiger partial charge >= 0.3 is 5.69 Å². The van der Waals surface area contributed by atoms with Crippen LogP contribution in [0.3, 0.4) is 0 Å². The van der Waals surface area contributed by atoms with Gasteiger partial charge in [0, 0.05) is 33.0 Å². The van der Waals surface area contributed by atoms with Crippen LogP contribution >= 0.6 is 0 Å². The summed E-state index contributed by atoms with van der Waals surface area (Å²) in [6.07, 6.45) is 3.32. The van der Waals surface area contributed by atoms with Crippen molar-refractivity contribution in [3.63, 3.8) is 0 Å². The third kappa shape index (κ3) is 2.31. The van der Waals surface area contributed by atoms with E-state index in [2.05, 4.69) is 10.3 Å². The Morgan fingerprint density at radius 1 is 1.35 bits per heavy atom. The van der Waals surface area contributed by atoms with E-state index >= 15 is 0 Å². The lowest BCUT2D eigenvalue weighted by Crippen LogP contribution is -2.39. The maximum Gasteiger partial charge on any atom is 0.332 e. The van der Waals surface area contributed by atoms with Gasteiger partial charge in [0.2, 0.25) is 0 Å². The summed E-state index contributed by atoms with van der Waals surface area (Å²) in [6.45, 7) is 0.364. The molecule has 2 rings (SSSR count). The number of aromatic nitrogens is 3. The molecule has 7 nitrogen and oxygen atoms in total. The molecular formula is C13H13N5O2. The minimum atomic E-state index is -0.607. The molecule has 1 N–H and O–H groups in total. The third-order valence-corrected chi connectivity index (χ3v) is 2.96. The molecule has 0 fully saturated rings. The summed E-state index contributed by atoms with van der Waals surface area (Å²) in [5, 5.41) is 12.0. The highest BCUT2D eigenvalue weighted by molar-refractivity contribution is 5.51. The predicted octanol–water partition coefficient (Wildman–Crippen LogP) is -0.0372. The second-order valence-electron chi connectivity index (χ2n) is 4.26. The van der Waals surface area contributed by atoms with Crippen LogP contribution in [0.1, 0.15) is 11.1 Å². The Kier molecular flexibility index (Phi) is 3.66. The quantitative estimate of drug-likeness (QED) is 0.845. The highest BCUT2D eigenvalue weighted by atomic mass is 16.2. The Bertz CT molecular complexity index is 783. The van der Waals surface area contributed by atoms with E-state index in [9.17, 15) is 9.59 Å². The normalized spacial score (nSPS) is 10.1. The monoisotopic (exact) mass is 271 g/mol. The zero-order valence-corrected chi connectivity index (χ0v) is 11.1. The number of hydrogen-bond acceptors (Lipinski definition) is 5. The Balaban J connectivity index is 2.45. The van der Waals surface area contributed by atoms with E-state index < -0.39 is 11.2 Å². The first-order valence-corrected chi connectivity index (χ1v) is 5.89. The average Bonchev–Trinajstić information content (AvgIpc) is 2.48. The number of pyridine rings is 1. The average molecular weight is 271 g/mol. The Hall–Kier alpha value is -2.88. The van der Waals surface area contributed by atoms with Crippen LogP contribution in [0.4, 0.5) is 5.82 Å². The van der Waals surface area contributed by atoms with Crippen molar-refractivity contribution in [2.75, 3.05) is 5.32 Å². The van der Waals surface area contributed by atoms with Crippen molar-refractivity contribution in [3.05, 3.63) is 56.5 Å². The molecule has 0 bridgehead atoms. The largest absolute Gasteiger partial charge is 0.366 e. The van der Waals surface area contributed by atoms with Gasteiger partial charge in [0.25, 0.3) is 5.56 Å². The van der Waals surface area contributed by atoms with Crippen LogP contribution in [-0.2, 0) is 20.6 Å². The molecule has 2 heterocycles. The molecule has 0 aliphatic carbocycles. The third-order valence-electron chi connectivity index (χ3n) is 2.96. The molecule has 0 unspecified atom stereocenters. The number of rotatable bonds is 3. The summed E-state index contributed by atoms with van der Waals surface area (Å²) in [5.74, 6) is 0.212. The van der Waals surface area contributed by atoms with E-state index in [-0.39, 0.29) is 11.4 Å². The fourth-order valence-corrected chi connectivity index (χ4v) is 1.84. The number of anilines is 1. The zero-order chi connectivity index (χ0) is 14.7. The lowest BCUT2D eigenvalue weighted by molar-refractivity contribution is 0.685. The minimum absolute atomic E-state index is 0.0847. The summed E-state index contributed by atoms with van der Waals surface area (Å²) in [5.41, 5.74) is -0.296. The molecule has 0 saturated heterocycles. The van der Waals surface area contributed by atoms with Crippen LogP contribution in [0.5, 0.6) is 0 Å². The van der Waals surface area contributed by atoms with Gasteiger partial charge in [-0.05, 0) is 11.6 Å². The lowest BCUT2D eigenvalue weighted by atomic mass is 10.2. The summed E-state index contributed by atoms with van der Waals surface area (Å²) in [7, 11) is 2.85. The number of nitriles is 1. The van der Waals surface area contributed by atoms with Gasteiger partial charge < -0.3 is 5.32 Å². The summed E-state index contributed by atoms with van der Waals surface area (Å²) < 4.78 is 2.16. The minimum Gasteiger partial charge on any atom is -0.366 e. The van der Waals surface area contributed by atoms with E-state index in [0.717, 1.165) is 10.1 Å². The van der Waals surface area contributed by atoms with Gasteiger partial charge in [-0.2, -0.15) is 5.26 Å². The van der Waals surface area contributed by atoms with Gasteiger partial charge in [0.15, 0.2) is 5.56 Å². The van der Waals surface area contributed by atoms with Crippen molar-refractivity contribution in [1.82, 2.24) is 14.1 Å². The molecule has 102 valence electrons. The predicted molar refractivity (Wildman–Crippen MR) is 73.2 cm³/mol. The molecule has 2 aromatic rings. The van der Waals surface area contributed by atoms with Crippen LogP contribution in [0.15, 0.2) is 34.1 Å². The van der Waals surface area contributed by atoms with E-state index in [4.69, 9.17) is 5.26 Å². The first kappa shape index (κ1) is 13.5. The molecule has 7 heteroatoms. The molecule has 0 spiro atoms. The summed E-state index contributed by atoms with van der Waals surface area (Å²) in [6, 6.07) is 5.47. The van der Waals surface area contributed by atoms with Gasteiger partial charge in [-0.25, -0.2) is 4.79 Å². The molecule has 0 saturated carbocycles. The molecule has 0 aromatic carbocycles. The fraction of sp³-hybridized carbons (Fsp3) is 0.231. The van der Waals surface area contributed by atoms with Crippen LogP contribution < -0.4 is 16.6 Å². The van der Waals surface area contributed by atoms with Crippen LogP contribution in [-0.4, -0.2) is 14.1 Å². The maximum atomic E-state index is 11.9. The van der Waals surface area contributed by atoms with Crippen molar-refractivity contribution in [2.45, 2.75) is 6.54 Å². The zero-order valence-electron chi connectivity index (χ0n) is 11.1.